The predicted octanol–water partition coefficient (Wildman–Crippen LogP) is 22.4. The number of hydrogen-bond acceptors (Lipinski definition) is 15. The zero-order chi connectivity index (χ0) is 71.8. The molecule has 3 N–H and O–H groups in total. The topological polar surface area (TPSA) is 237 Å². The summed E-state index contributed by atoms with van der Waals surface area (Å²) < 4.78 is 68.4. The molecule has 0 amide bonds. The molecule has 0 bridgehead atoms. The lowest BCUT2D eigenvalue weighted by atomic mass is 10.0. The van der Waals surface area contributed by atoms with Crippen molar-refractivity contribution in [1.29, 1.82) is 0 Å². The van der Waals surface area contributed by atoms with Gasteiger partial charge in [0.05, 0.1) is 26.4 Å². The molecule has 0 rings (SSSR count). The number of allylic oxidation sites excluding steroid dienone is 12. The SMILES string of the molecule is CCCCC/C=C\C/C=C\C/C=C\C/C=C\CCCC(=O)OC[C@H](COP(=O)(O)OC[C@H](O)COP(=O)(O)OC[C@@H](COC(=O)CCCCCCCCCCCCCCC)OC(=O)CCCCCCC/C=C\CCCCCC)OC(=O)CCCCCCC/C=C\CCCCCCCC. The van der Waals surface area contributed by atoms with Crippen LogP contribution in [0.1, 0.15) is 349 Å². The Kier molecular flexibility index (Phi) is 69.3. The van der Waals surface area contributed by atoms with Crippen LogP contribution in [0.3, 0.4) is 0 Å². The minimum absolute atomic E-state index is 0.0759. The van der Waals surface area contributed by atoms with Gasteiger partial charge in [-0.05, 0) is 116 Å². The number of phosphoric ester groups is 2. The lowest BCUT2D eigenvalue weighted by Crippen LogP contribution is -2.30. The molecule has 0 aromatic heterocycles. The van der Waals surface area contributed by atoms with Crippen molar-refractivity contribution >= 4 is 39.5 Å². The molecule has 98 heavy (non-hydrogen) atoms. The summed E-state index contributed by atoms with van der Waals surface area (Å²) in [6, 6.07) is 0. The van der Waals surface area contributed by atoms with E-state index in [0.29, 0.717) is 32.1 Å². The Balaban J connectivity index is 5.38. The van der Waals surface area contributed by atoms with E-state index in [1.807, 2.05) is 12.2 Å². The summed E-state index contributed by atoms with van der Waals surface area (Å²) in [4.78, 5) is 72.8. The third kappa shape index (κ3) is 70.9. The van der Waals surface area contributed by atoms with Crippen molar-refractivity contribution in [3.63, 3.8) is 0 Å². The van der Waals surface area contributed by atoms with Crippen molar-refractivity contribution < 1.29 is 80.2 Å². The molecule has 0 aliphatic heterocycles. The number of carbonyl (C=O) groups is 4. The van der Waals surface area contributed by atoms with Crippen molar-refractivity contribution in [3.05, 3.63) is 72.9 Å². The molecule has 2 unspecified atom stereocenters. The Morgan fingerprint density at radius 3 is 0.847 bits per heavy atom. The number of ether oxygens (including phenoxy) is 4. The summed E-state index contributed by atoms with van der Waals surface area (Å²) >= 11 is 0. The third-order valence-corrected chi connectivity index (χ3v) is 18.5. The normalized spacial score (nSPS) is 14.3. The largest absolute Gasteiger partial charge is 0.472 e. The highest BCUT2D eigenvalue weighted by Crippen LogP contribution is 2.45. The highest BCUT2D eigenvalue weighted by atomic mass is 31.2. The van der Waals surface area contributed by atoms with E-state index >= 15 is 0 Å². The van der Waals surface area contributed by atoms with Crippen LogP contribution >= 0.6 is 15.6 Å². The van der Waals surface area contributed by atoms with E-state index in [4.69, 9.17) is 37.0 Å². The van der Waals surface area contributed by atoms with Crippen molar-refractivity contribution in [1.82, 2.24) is 0 Å². The Morgan fingerprint density at radius 2 is 0.510 bits per heavy atom. The van der Waals surface area contributed by atoms with Gasteiger partial charge in [-0.3, -0.25) is 37.3 Å². The molecule has 0 radical (unpaired) electrons. The average Bonchev–Trinajstić information content (AvgIpc) is 1.05. The maximum Gasteiger partial charge on any atom is 0.472 e. The van der Waals surface area contributed by atoms with E-state index in [0.717, 1.165) is 122 Å². The molecule has 0 saturated heterocycles. The second-order valence-electron chi connectivity index (χ2n) is 26.3. The number of phosphoric acid groups is 2. The van der Waals surface area contributed by atoms with Crippen molar-refractivity contribution in [3.8, 4) is 0 Å². The summed E-state index contributed by atoms with van der Waals surface area (Å²) in [6.45, 7) is 4.79. The maximum atomic E-state index is 13.1. The minimum Gasteiger partial charge on any atom is -0.462 e. The van der Waals surface area contributed by atoms with Gasteiger partial charge in [-0.15, -0.1) is 0 Å². The van der Waals surface area contributed by atoms with Gasteiger partial charge in [0.15, 0.2) is 12.2 Å². The Morgan fingerprint density at radius 1 is 0.286 bits per heavy atom. The molecule has 0 saturated carbocycles. The molecule has 0 aliphatic rings. The third-order valence-electron chi connectivity index (χ3n) is 16.6. The first-order chi connectivity index (χ1) is 47.7. The predicted molar refractivity (Wildman–Crippen MR) is 400 cm³/mol. The first-order valence-corrected chi connectivity index (χ1v) is 42.2. The lowest BCUT2D eigenvalue weighted by Gasteiger charge is -2.21. The molecule has 0 aromatic rings. The van der Waals surface area contributed by atoms with E-state index in [1.165, 1.54) is 141 Å². The summed E-state index contributed by atoms with van der Waals surface area (Å²) in [5.41, 5.74) is 0. The van der Waals surface area contributed by atoms with Gasteiger partial charge in [-0.1, -0.05) is 280 Å². The first-order valence-electron chi connectivity index (χ1n) is 39.2. The molecular formula is C79H142O17P2. The molecule has 17 nitrogen and oxygen atoms in total. The number of aliphatic hydroxyl groups is 1. The van der Waals surface area contributed by atoms with E-state index < -0.39 is 97.5 Å². The fourth-order valence-electron chi connectivity index (χ4n) is 10.6. The molecule has 0 spiro atoms. The highest BCUT2D eigenvalue weighted by Gasteiger charge is 2.30. The average molecular weight is 1430 g/mol. The first kappa shape index (κ1) is 94.5. The zero-order valence-corrected chi connectivity index (χ0v) is 64.0. The monoisotopic (exact) mass is 1420 g/mol. The van der Waals surface area contributed by atoms with Crippen LogP contribution in [0.4, 0.5) is 0 Å². The summed E-state index contributed by atoms with van der Waals surface area (Å²) in [6.07, 6.45) is 71.8. The van der Waals surface area contributed by atoms with Crippen LogP contribution in [0.15, 0.2) is 72.9 Å². The van der Waals surface area contributed by atoms with Gasteiger partial charge in [0.1, 0.15) is 19.3 Å². The minimum atomic E-state index is -4.98. The van der Waals surface area contributed by atoms with E-state index in [2.05, 4.69) is 88.5 Å². The number of esters is 4. The van der Waals surface area contributed by atoms with E-state index in [1.54, 1.807) is 0 Å². The quantitative estimate of drug-likeness (QED) is 0.0169. The second kappa shape index (κ2) is 71.9. The number of unbranched alkanes of at least 4 members (excludes halogenated alkanes) is 36. The highest BCUT2D eigenvalue weighted by molar-refractivity contribution is 7.47. The van der Waals surface area contributed by atoms with E-state index in [-0.39, 0.29) is 25.7 Å². The summed E-state index contributed by atoms with van der Waals surface area (Å²) in [5.74, 6) is -2.23. The van der Waals surface area contributed by atoms with Gasteiger partial charge < -0.3 is 33.8 Å². The van der Waals surface area contributed by atoms with Gasteiger partial charge in [-0.2, -0.15) is 0 Å². The number of hydrogen-bond donors (Lipinski definition) is 3. The Hall–Kier alpha value is -3.50. The van der Waals surface area contributed by atoms with Crippen LogP contribution < -0.4 is 0 Å². The molecule has 0 aliphatic carbocycles. The smallest absolute Gasteiger partial charge is 0.462 e. The van der Waals surface area contributed by atoms with Crippen LogP contribution in [0.5, 0.6) is 0 Å². The molecule has 0 aromatic carbocycles. The summed E-state index contributed by atoms with van der Waals surface area (Å²) in [7, 11) is -9.96. The fraction of sp³-hybridized carbons (Fsp3) is 0.797. The Bertz CT molecular complexity index is 2140. The standard InChI is InChI=1S/C79H142O17P2/c1-5-9-13-17-21-25-29-33-35-36-38-41-44-48-52-56-60-64-77(82)90-70-75(96-79(84)66-62-58-54-50-46-42-37-34-30-26-22-18-14-10-6-2)72-94-98(87,88)92-68-73(80)67-91-97(85,86)93-71-74(95-78(83)65-61-57-53-49-45-40-32-28-24-20-16-12-8-4)69-89-76(81)63-59-55-51-47-43-39-31-27-23-19-15-11-7-3/h21,25,28,32-35,37-38,41,48,52,73-75,80H,5-20,22-24,26-27,29-31,36,39-40,42-47,49-51,53-72H2,1-4H3,(H,85,86)(H,87,88)/b25-21-,32-28-,35-33-,37-34-,41-38-,52-48-/t73-,74-,75-/m1/s1. The lowest BCUT2D eigenvalue weighted by molar-refractivity contribution is -0.161. The molecular weight excluding hydrogens is 1280 g/mol. The van der Waals surface area contributed by atoms with Gasteiger partial charge in [0.2, 0.25) is 0 Å². The van der Waals surface area contributed by atoms with Gasteiger partial charge in [0, 0.05) is 25.7 Å². The van der Waals surface area contributed by atoms with Gasteiger partial charge in [-0.25, -0.2) is 9.13 Å². The van der Waals surface area contributed by atoms with Crippen molar-refractivity contribution in [2.75, 3.05) is 39.6 Å². The molecule has 570 valence electrons. The maximum absolute atomic E-state index is 13.1. The molecule has 5 atom stereocenters. The van der Waals surface area contributed by atoms with Gasteiger partial charge >= 0.3 is 39.5 Å². The van der Waals surface area contributed by atoms with Crippen LogP contribution in [0.2, 0.25) is 0 Å². The van der Waals surface area contributed by atoms with Crippen LogP contribution in [-0.2, 0) is 65.4 Å². The van der Waals surface area contributed by atoms with Crippen molar-refractivity contribution in [2.24, 2.45) is 0 Å². The zero-order valence-electron chi connectivity index (χ0n) is 62.2. The number of carbonyl (C=O) groups excluding carboxylic acids is 4. The molecule has 19 heteroatoms. The van der Waals surface area contributed by atoms with Gasteiger partial charge in [0.25, 0.3) is 0 Å². The molecule has 0 fully saturated rings. The number of rotatable bonds is 74. The van der Waals surface area contributed by atoms with E-state index in [9.17, 15) is 43.2 Å². The fourth-order valence-corrected chi connectivity index (χ4v) is 12.2. The summed E-state index contributed by atoms with van der Waals surface area (Å²) in [5, 5.41) is 10.6. The van der Waals surface area contributed by atoms with Crippen molar-refractivity contribution in [2.45, 2.75) is 367 Å². The van der Waals surface area contributed by atoms with Crippen LogP contribution in [0.25, 0.3) is 0 Å². The second-order valence-corrected chi connectivity index (χ2v) is 29.2. The van der Waals surface area contributed by atoms with Crippen LogP contribution in [0, 0.1) is 0 Å². The van der Waals surface area contributed by atoms with Crippen LogP contribution in [-0.4, -0.2) is 96.7 Å². The number of aliphatic hydroxyl groups excluding tert-OH is 1. The Labute approximate surface area is 596 Å². The molecule has 0 heterocycles.